The maximum Gasteiger partial charge on any atom is 0.253 e. The average Bonchev–Trinajstić information content (AvgIpc) is 3.18. The van der Waals surface area contributed by atoms with Crippen LogP contribution in [0.25, 0.3) is 27.7 Å². The van der Waals surface area contributed by atoms with Crippen LogP contribution in [0.15, 0.2) is 59.8 Å². The third-order valence-electron chi connectivity index (χ3n) is 5.50. The molecule has 2 aromatic carbocycles. The number of anilines is 1. The maximum absolute atomic E-state index is 9.82. The Hall–Kier alpha value is -4.31. The van der Waals surface area contributed by atoms with Crippen LogP contribution in [-0.2, 0) is 6.42 Å². The van der Waals surface area contributed by atoms with E-state index in [2.05, 4.69) is 38.5 Å². The predicted molar refractivity (Wildman–Crippen MR) is 121 cm³/mol. The first kappa shape index (κ1) is 18.7. The lowest BCUT2D eigenvalue weighted by atomic mass is 10.0. The Balaban J connectivity index is 1.64. The molecule has 31 heavy (non-hydrogen) atoms. The van der Waals surface area contributed by atoms with Crippen molar-refractivity contribution in [2.45, 2.75) is 20.3 Å². The summed E-state index contributed by atoms with van der Waals surface area (Å²) in [6, 6.07) is 18.1. The second-order valence-electron chi connectivity index (χ2n) is 7.27. The Bertz CT molecular complexity index is 1520. The molecular weight excluding hydrogens is 386 g/mol. The van der Waals surface area contributed by atoms with E-state index < -0.39 is 0 Å². The number of hydrogen-bond donors (Lipinski definition) is 2. The van der Waals surface area contributed by atoms with Gasteiger partial charge in [-0.25, -0.2) is 4.98 Å². The molecule has 5 aromatic rings. The third-order valence-corrected chi connectivity index (χ3v) is 5.50. The number of nitrogens with zero attached hydrogens (tertiary/aromatic N) is 5. The van der Waals surface area contributed by atoms with E-state index in [1.165, 1.54) is 0 Å². The number of H-pyrrole nitrogens is 1. The smallest absolute Gasteiger partial charge is 0.253 e. The second-order valence-corrected chi connectivity index (χ2v) is 7.27. The summed E-state index contributed by atoms with van der Waals surface area (Å²) in [7, 11) is 0. The number of fused-ring (bicyclic) bond motifs is 4. The van der Waals surface area contributed by atoms with Crippen molar-refractivity contribution in [3.63, 3.8) is 0 Å². The molecule has 0 unspecified atom stereocenters. The van der Waals surface area contributed by atoms with Crippen molar-refractivity contribution in [1.29, 1.82) is 5.26 Å². The molecule has 0 aliphatic rings. The van der Waals surface area contributed by atoms with Crippen LogP contribution in [0, 0.1) is 18.3 Å². The van der Waals surface area contributed by atoms with Crippen molar-refractivity contribution in [2.24, 2.45) is 5.10 Å². The molecule has 0 spiro atoms. The van der Waals surface area contributed by atoms with Crippen molar-refractivity contribution >= 4 is 39.7 Å². The van der Waals surface area contributed by atoms with Crippen LogP contribution in [0.5, 0.6) is 0 Å². The Morgan fingerprint density at radius 2 is 1.94 bits per heavy atom. The highest BCUT2D eigenvalue weighted by molar-refractivity contribution is 5.83. The first-order chi connectivity index (χ1) is 15.2. The van der Waals surface area contributed by atoms with Crippen LogP contribution in [0.1, 0.15) is 29.3 Å². The average molecular weight is 406 g/mol. The molecule has 0 atom stereocenters. The Kier molecular flexibility index (Phi) is 4.53. The lowest BCUT2D eigenvalue weighted by Crippen LogP contribution is -2.28. The molecule has 2 N–H and O–H groups in total. The Labute approximate surface area is 178 Å². The zero-order valence-electron chi connectivity index (χ0n) is 17.2. The molecule has 0 aliphatic carbocycles. The molecule has 5 rings (SSSR count). The van der Waals surface area contributed by atoms with Crippen LogP contribution in [0.4, 0.5) is 5.82 Å². The molecular formula is C24H20N7+. The minimum Gasteiger partial charge on any atom is -0.269 e. The molecule has 0 fully saturated rings. The summed E-state index contributed by atoms with van der Waals surface area (Å²) in [6.45, 7) is 4.06. The van der Waals surface area contributed by atoms with Crippen molar-refractivity contribution < 1.29 is 4.40 Å². The zero-order chi connectivity index (χ0) is 21.4. The highest BCUT2D eigenvalue weighted by Crippen LogP contribution is 2.25. The molecule has 7 nitrogen and oxygen atoms in total. The zero-order valence-corrected chi connectivity index (χ0v) is 17.2. The minimum atomic E-state index is 0.642. The number of rotatable bonds is 4. The molecule has 0 saturated carbocycles. The van der Waals surface area contributed by atoms with Gasteiger partial charge in [0.25, 0.3) is 5.82 Å². The van der Waals surface area contributed by atoms with E-state index in [0.29, 0.717) is 11.3 Å². The standard InChI is InChI=1S/C24H19N7/c1-3-17-15(2)18(12-25)23-29-21-10-6-7-11-22(21)31(23)24(17)30-27-14-16-13-26-19-8-4-5-9-20(19)28-16/h4-11,13-14H,3H2,1-2H3,(H,28,29,30)/p+1. The number of nitrogens with one attached hydrogen (secondary N) is 2. The molecule has 150 valence electrons. The van der Waals surface area contributed by atoms with Gasteiger partial charge in [0.1, 0.15) is 28.4 Å². The molecule has 0 amide bonds. The molecule has 3 heterocycles. The van der Waals surface area contributed by atoms with E-state index in [1.54, 1.807) is 12.4 Å². The summed E-state index contributed by atoms with van der Waals surface area (Å²) in [5.74, 6) is 0.830. The molecule has 0 radical (unpaired) electrons. The fourth-order valence-electron chi connectivity index (χ4n) is 4.01. The first-order valence-electron chi connectivity index (χ1n) is 10.1. The number of pyridine rings is 1. The molecule has 7 heteroatoms. The van der Waals surface area contributed by atoms with E-state index in [9.17, 15) is 5.26 Å². The monoisotopic (exact) mass is 406 g/mol. The van der Waals surface area contributed by atoms with Crippen molar-refractivity contribution in [3.05, 3.63) is 77.1 Å². The molecule has 0 aliphatic heterocycles. The van der Waals surface area contributed by atoms with Gasteiger partial charge in [0.2, 0.25) is 5.65 Å². The van der Waals surface area contributed by atoms with Gasteiger partial charge >= 0.3 is 0 Å². The van der Waals surface area contributed by atoms with E-state index in [4.69, 9.17) is 0 Å². The van der Waals surface area contributed by atoms with E-state index >= 15 is 0 Å². The van der Waals surface area contributed by atoms with Crippen molar-refractivity contribution in [2.75, 3.05) is 5.43 Å². The lowest BCUT2D eigenvalue weighted by Gasteiger charge is -2.10. The fraction of sp³-hybridized carbons (Fsp3) is 0.125. The summed E-state index contributed by atoms with van der Waals surface area (Å²) >= 11 is 0. The van der Waals surface area contributed by atoms with E-state index in [-0.39, 0.29) is 0 Å². The summed E-state index contributed by atoms with van der Waals surface area (Å²) in [5, 5.41) is 14.3. The second kappa shape index (κ2) is 7.50. The quantitative estimate of drug-likeness (QED) is 0.268. The number of aromatic nitrogens is 4. The topological polar surface area (TPSA) is 93.8 Å². The number of para-hydroxylation sites is 4. The molecule has 0 bridgehead atoms. The van der Waals surface area contributed by atoms with Crippen LogP contribution in [-0.4, -0.2) is 21.2 Å². The highest BCUT2D eigenvalue weighted by Gasteiger charge is 2.24. The predicted octanol–water partition coefficient (Wildman–Crippen LogP) is 4.04. The number of hydrogen-bond acceptors (Lipinski definition) is 5. The van der Waals surface area contributed by atoms with Crippen LogP contribution in [0.2, 0.25) is 0 Å². The SMILES string of the molecule is CCc1c(C)c(C#N)c2[nH]c3ccccc3[n+]2c1NN=Cc1cnc2ccccc2n1. The minimum absolute atomic E-state index is 0.642. The molecule has 3 aromatic heterocycles. The van der Waals surface area contributed by atoms with Crippen LogP contribution in [0.3, 0.4) is 0 Å². The van der Waals surface area contributed by atoms with Crippen molar-refractivity contribution in [3.8, 4) is 6.07 Å². The summed E-state index contributed by atoms with van der Waals surface area (Å²) in [4.78, 5) is 12.4. The first-order valence-corrected chi connectivity index (χ1v) is 10.1. The third kappa shape index (κ3) is 3.06. The van der Waals surface area contributed by atoms with Gasteiger partial charge in [-0.2, -0.15) is 15.1 Å². The summed E-state index contributed by atoms with van der Waals surface area (Å²) in [5.41, 5.74) is 10.9. The normalized spacial score (nSPS) is 11.5. The van der Waals surface area contributed by atoms with Gasteiger partial charge in [-0.05, 0) is 43.2 Å². The van der Waals surface area contributed by atoms with Gasteiger partial charge in [-0.3, -0.25) is 9.97 Å². The van der Waals surface area contributed by atoms with E-state index in [0.717, 1.165) is 51.1 Å². The summed E-state index contributed by atoms with van der Waals surface area (Å²) < 4.78 is 2.03. The van der Waals surface area contributed by atoms with Gasteiger partial charge in [-0.15, -0.1) is 5.10 Å². The Morgan fingerprint density at radius 1 is 1.16 bits per heavy atom. The number of hydrazone groups is 1. The van der Waals surface area contributed by atoms with Gasteiger partial charge in [0.15, 0.2) is 0 Å². The van der Waals surface area contributed by atoms with Crippen LogP contribution < -0.4 is 9.83 Å². The van der Waals surface area contributed by atoms with Gasteiger partial charge in [0, 0.05) is 5.56 Å². The fourth-order valence-corrected chi connectivity index (χ4v) is 4.01. The lowest BCUT2D eigenvalue weighted by molar-refractivity contribution is -0.465. The molecule has 0 saturated heterocycles. The highest BCUT2D eigenvalue weighted by atomic mass is 15.3. The largest absolute Gasteiger partial charge is 0.269 e. The van der Waals surface area contributed by atoms with Crippen LogP contribution >= 0.6 is 0 Å². The summed E-state index contributed by atoms with van der Waals surface area (Å²) in [6.07, 6.45) is 4.12. The van der Waals surface area contributed by atoms with Crippen molar-refractivity contribution in [1.82, 2.24) is 15.0 Å². The number of benzene rings is 2. The number of aromatic amines is 1. The number of nitriles is 1. The van der Waals surface area contributed by atoms with E-state index in [1.807, 2.05) is 59.9 Å². The maximum atomic E-state index is 9.82. The Morgan fingerprint density at radius 3 is 2.74 bits per heavy atom. The van der Waals surface area contributed by atoms with Gasteiger partial charge < -0.3 is 0 Å². The van der Waals surface area contributed by atoms with Gasteiger partial charge in [0.05, 0.1) is 23.4 Å². The van der Waals surface area contributed by atoms with Gasteiger partial charge in [-0.1, -0.05) is 31.2 Å². The number of imidazole rings is 1.